The zero-order valence-electron chi connectivity index (χ0n) is 10.5. The molecular weight excluding hydrogens is 280 g/mol. The summed E-state index contributed by atoms with van der Waals surface area (Å²) in [4.78, 5) is 2.19. The second-order valence-corrected chi connectivity index (χ2v) is 4.97. The average Bonchev–Trinajstić information content (AvgIpc) is 2.34. The molecule has 0 spiro atoms. The predicted octanol–water partition coefficient (Wildman–Crippen LogP) is 2.38. The van der Waals surface area contributed by atoms with Crippen LogP contribution in [0.1, 0.15) is 18.9 Å². The van der Waals surface area contributed by atoms with Crippen LogP contribution in [0.25, 0.3) is 0 Å². The van der Waals surface area contributed by atoms with Gasteiger partial charge in [-0.2, -0.15) is 0 Å². The molecular formula is C13H21BrN2O. The van der Waals surface area contributed by atoms with Crippen LogP contribution in [-0.4, -0.2) is 31.9 Å². The molecule has 0 aromatic heterocycles. The molecule has 0 atom stereocenters. The molecule has 0 aliphatic carbocycles. The molecule has 3 nitrogen and oxygen atoms in total. The number of aliphatic hydroxyl groups is 1. The summed E-state index contributed by atoms with van der Waals surface area (Å²) >= 11 is 3.50. The van der Waals surface area contributed by atoms with Crippen LogP contribution in [0, 0.1) is 0 Å². The normalized spacial score (nSPS) is 10.6. The van der Waals surface area contributed by atoms with E-state index in [1.165, 1.54) is 11.3 Å². The molecule has 0 radical (unpaired) electrons. The first-order valence-electron chi connectivity index (χ1n) is 6.00. The van der Waals surface area contributed by atoms with Crippen molar-refractivity contribution in [2.24, 2.45) is 0 Å². The molecule has 96 valence electrons. The fourth-order valence-corrected chi connectivity index (χ4v) is 2.08. The van der Waals surface area contributed by atoms with E-state index in [0.717, 1.165) is 30.5 Å². The van der Waals surface area contributed by atoms with Crippen molar-refractivity contribution in [3.63, 3.8) is 0 Å². The monoisotopic (exact) mass is 300 g/mol. The van der Waals surface area contributed by atoms with Gasteiger partial charge in [0.15, 0.2) is 0 Å². The van der Waals surface area contributed by atoms with E-state index < -0.39 is 0 Å². The number of anilines is 1. The molecule has 0 bridgehead atoms. The van der Waals surface area contributed by atoms with Gasteiger partial charge in [0.2, 0.25) is 0 Å². The Bertz CT molecular complexity index is 344. The summed E-state index contributed by atoms with van der Waals surface area (Å²) < 4.78 is 1.09. The maximum Gasteiger partial charge on any atom is 0.0447 e. The lowest BCUT2D eigenvalue weighted by molar-refractivity contribution is 0.290. The Hall–Kier alpha value is -0.580. The zero-order valence-corrected chi connectivity index (χ0v) is 12.1. The maximum absolute atomic E-state index is 8.88. The molecule has 1 aromatic rings. The second-order valence-electron chi connectivity index (χ2n) is 4.05. The number of nitrogens with zero attached hydrogens (tertiary/aromatic N) is 1. The number of rotatable bonds is 7. The SMILES string of the molecule is CCNCc1ccc(Br)cc1N(C)CCCO. The van der Waals surface area contributed by atoms with Crippen molar-refractivity contribution in [2.45, 2.75) is 19.9 Å². The highest BCUT2D eigenvalue weighted by Crippen LogP contribution is 2.24. The molecule has 0 unspecified atom stereocenters. The fourth-order valence-electron chi connectivity index (χ4n) is 1.73. The number of nitrogens with one attached hydrogen (secondary N) is 1. The lowest BCUT2D eigenvalue weighted by Crippen LogP contribution is -2.22. The third kappa shape index (κ3) is 4.66. The van der Waals surface area contributed by atoms with Crippen LogP contribution >= 0.6 is 15.9 Å². The smallest absolute Gasteiger partial charge is 0.0447 e. The van der Waals surface area contributed by atoms with Gasteiger partial charge in [0, 0.05) is 36.9 Å². The first kappa shape index (κ1) is 14.5. The zero-order chi connectivity index (χ0) is 12.7. The molecule has 4 heteroatoms. The van der Waals surface area contributed by atoms with E-state index in [4.69, 9.17) is 5.11 Å². The van der Waals surface area contributed by atoms with E-state index in [1.54, 1.807) is 0 Å². The molecule has 17 heavy (non-hydrogen) atoms. The Labute approximate surface area is 112 Å². The van der Waals surface area contributed by atoms with Crippen LogP contribution in [0.4, 0.5) is 5.69 Å². The minimum atomic E-state index is 0.237. The van der Waals surface area contributed by atoms with Crippen LogP contribution in [0.2, 0.25) is 0 Å². The third-order valence-electron chi connectivity index (χ3n) is 2.68. The van der Waals surface area contributed by atoms with Crippen LogP contribution in [0.15, 0.2) is 22.7 Å². The Kier molecular flexibility index (Phi) is 6.55. The van der Waals surface area contributed by atoms with Gasteiger partial charge in [-0.25, -0.2) is 0 Å². The molecule has 2 N–H and O–H groups in total. The van der Waals surface area contributed by atoms with Gasteiger partial charge in [-0.05, 0) is 30.7 Å². The van der Waals surface area contributed by atoms with Crippen molar-refractivity contribution in [3.8, 4) is 0 Å². The van der Waals surface area contributed by atoms with Gasteiger partial charge in [-0.15, -0.1) is 0 Å². The summed E-state index contributed by atoms with van der Waals surface area (Å²) in [5.74, 6) is 0. The number of hydrogen-bond donors (Lipinski definition) is 2. The van der Waals surface area contributed by atoms with Crippen molar-refractivity contribution in [3.05, 3.63) is 28.2 Å². The highest BCUT2D eigenvalue weighted by atomic mass is 79.9. The van der Waals surface area contributed by atoms with Crippen LogP contribution in [-0.2, 0) is 6.54 Å². The largest absolute Gasteiger partial charge is 0.396 e. The van der Waals surface area contributed by atoms with E-state index in [9.17, 15) is 0 Å². The van der Waals surface area contributed by atoms with Gasteiger partial charge in [0.05, 0.1) is 0 Å². The first-order valence-corrected chi connectivity index (χ1v) is 6.79. The van der Waals surface area contributed by atoms with E-state index >= 15 is 0 Å². The summed E-state index contributed by atoms with van der Waals surface area (Å²) in [6.45, 7) is 5.05. The molecule has 0 amide bonds. The summed E-state index contributed by atoms with van der Waals surface area (Å²) in [6, 6.07) is 6.33. The van der Waals surface area contributed by atoms with Crippen LogP contribution < -0.4 is 10.2 Å². The molecule has 0 aliphatic rings. The Morgan fingerprint density at radius 2 is 2.18 bits per heavy atom. The molecule has 0 saturated heterocycles. The van der Waals surface area contributed by atoms with Crippen LogP contribution in [0.3, 0.4) is 0 Å². The van der Waals surface area contributed by atoms with Crippen molar-refractivity contribution < 1.29 is 5.11 Å². The van der Waals surface area contributed by atoms with Gasteiger partial charge in [-0.1, -0.05) is 28.9 Å². The summed E-state index contributed by atoms with van der Waals surface area (Å²) in [5, 5.41) is 12.2. The second kappa shape index (κ2) is 7.69. The predicted molar refractivity (Wildman–Crippen MR) is 76.5 cm³/mol. The minimum absolute atomic E-state index is 0.237. The quantitative estimate of drug-likeness (QED) is 0.811. The Balaban J connectivity index is 2.81. The third-order valence-corrected chi connectivity index (χ3v) is 3.17. The molecule has 1 rings (SSSR count). The van der Waals surface area contributed by atoms with E-state index in [1.807, 2.05) is 0 Å². The number of aliphatic hydroxyl groups excluding tert-OH is 1. The lowest BCUT2D eigenvalue weighted by atomic mass is 10.1. The standard InChI is InChI=1S/C13H21BrN2O/c1-3-15-10-11-5-6-12(14)9-13(11)16(2)7-4-8-17/h5-6,9,15,17H,3-4,7-8,10H2,1-2H3. The highest BCUT2D eigenvalue weighted by Gasteiger charge is 2.07. The maximum atomic E-state index is 8.88. The highest BCUT2D eigenvalue weighted by molar-refractivity contribution is 9.10. The van der Waals surface area contributed by atoms with E-state index in [0.29, 0.717) is 0 Å². The van der Waals surface area contributed by atoms with E-state index in [2.05, 4.69) is 58.3 Å². The average molecular weight is 301 g/mol. The van der Waals surface area contributed by atoms with E-state index in [-0.39, 0.29) is 6.61 Å². The molecule has 0 heterocycles. The van der Waals surface area contributed by atoms with Crippen LogP contribution in [0.5, 0.6) is 0 Å². The summed E-state index contributed by atoms with van der Waals surface area (Å²) in [6.07, 6.45) is 0.795. The Morgan fingerprint density at radius 1 is 1.41 bits per heavy atom. The summed E-state index contributed by atoms with van der Waals surface area (Å²) in [7, 11) is 2.06. The molecule has 0 aliphatic heterocycles. The number of hydrogen-bond acceptors (Lipinski definition) is 3. The van der Waals surface area contributed by atoms with Gasteiger partial charge in [0.1, 0.15) is 0 Å². The van der Waals surface area contributed by atoms with Gasteiger partial charge >= 0.3 is 0 Å². The van der Waals surface area contributed by atoms with Crippen molar-refractivity contribution >= 4 is 21.6 Å². The van der Waals surface area contributed by atoms with Crippen molar-refractivity contribution in [1.29, 1.82) is 0 Å². The molecule has 0 fully saturated rings. The first-order chi connectivity index (χ1) is 8.19. The number of benzene rings is 1. The topological polar surface area (TPSA) is 35.5 Å². The van der Waals surface area contributed by atoms with Gasteiger partial charge in [-0.3, -0.25) is 0 Å². The fraction of sp³-hybridized carbons (Fsp3) is 0.538. The lowest BCUT2D eigenvalue weighted by Gasteiger charge is -2.22. The molecule has 1 aromatic carbocycles. The van der Waals surface area contributed by atoms with Gasteiger partial charge < -0.3 is 15.3 Å². The number of halogens is 1. The summed E-state index contributed by atoms with van der Waals surface area (Å²) in [5.41, 5.74) is 2.50. The minimum Gasteiger partial charge on any atom is -0.396 e. The van der Waals surface area contributed by atoms with Crippen molar-refractivity contribution in [1.82, 2.24) is 5.32 Å². The van der Waals surface area contributed by atoms with Gasteiger partial charge in [0.25, 0.3) is 0 Å². The Morgan fingerprint density at radius 3 is 2.82 bits per heavy atom. The molecule has 0 saturated carbocycles. The van der Waals surface area contributed by atoms with Crippen molar-refractivity contribution in [2.75, 3.05) is 31.6 Å².